The Morgan fingerprint density at radius 3 is 2.54 bits per heavy atom. The van der Waals surface area contributed by atoms with Gasteiger partial charge in [0.2, 0.25) is 0 Å². The van der Waals surface area contributed by atoms with Gasteiger partial charge in [0.15, 0.2) is 0 Å². The van der Waals surface area contributed by atoms with Crippen LogP contribution in [0.4, 0.5) is 0 Å². The molecule has 0 N–H and O–H groups in total. The second kappa shape index (κ2) is 7.75. The molecule has 5 nitrogen and oxygen atoms in total. The van der Waals surface area contributed by atoms with Crippen molar-refractivity contribution in [3.8, 4) is 5.75 Å². The molecule has 0 aliphatic rings. The van der Waals surface area contributed by atoms with Gasteiger partial charge in [0, 0.05) is 13.6 Å². The van der Waals surface area contributed by atoms with Crippen LogP contribution in [-0.4, -0.2) is 26.7 Å². The molecule has 0 atom stereocenters. The zero-order valence-electron chi connectivity index (χ0n) is 14.1. The third-order valence-corrected chi connectivity index (χ3v) is 3.82. The van der Waals surface area contributed by atoms with Gasteiger partial charge in [-0.3, -0.25) is 4.90 Å². The maximum atomic E-state index is 5.89. The number of hydrogen-bond acceptors (Lipinski definition) is 4. The predicted molar refractivity (Wildman–Crippen MR) is 93.4 cm³/mol. The Labute approximate surface area is 142 Å². The summed E-state index contributed by atoms with van der Waals surface area (Å²) in [4.78, 5) is 2.21. The highest BCUT2D eigenvalue weighted by Gasteiger charge is 2.07. The maximum absolute atomic E-state index is 5.89. The smallest absolute Gasteiger partial charge is 0.146 e. The molecule has 1 heterocycles. The van der Waals surface area contributed by atoms with Crippen molar-refractivity contribution < 1.29 is 4.74 Å². The van der Waals surface area contributed by atoms with Gasteiger partial charge < -0.3 is 9.30 Å². The Bertz CT molecular complexity index is 770. The van der Waals surface area contributed by atoms with Crippen LogP contribution in [0.5, 0.6) is 5.75 Å². The molecule has 0 spiro atoms. The number of aryl methyl sites for hydroxylation is 1. The van der Waals surface area contributed by atoms with E-state index in [0.717, 1.165) is 24.7 Å². The fourth-order valence-electron chi connectivity index (χ4n) is 2.53. The lowest BCUT2D eigenvalue weighted by atomic mass is 10.2. The minimum absolute atomic E-state index is 0.582. The van der Waals surface area contributed by atoms with Gasteiger partial charge in [-0.05, 0) is 30.3 Å². The van der Waals surface area contributed by atoms with E-state index in [-0.39, 0.29) is 0 Å². The molecule has 0 unspecified atom stereocenters. The SMILES string of the molecule is CN(Cc1cccc(OCc2ccccc2)c1)Cc1nncn1C. The molecule has 0 fully saturated rings. The molecule has 0 amide bonds. The van der Waals surface area contributed by atoms with E-state index in [1.165, 1.54) is 11.1 Å². The number of rotatable bonds is 7. The quantitative estimate of drug-likeness (QED) is 0.670. The minimum atomic E-state index is 0.582. The van der Waals surface area contributed by atoms with Crippen molar-refractivity contribution in [3.05, 3.63) is 77.9 Å². The largest absolute Gasteiger partial charge is 0.489 e. The summed E-state index contributed by atoms with van der Waals surface area (Å²) in [5.74, 6) is 1.84. The fraction of sp³-hybridized carbons (Fsp3) is 0.263. The topological polar surface area (TPSA) is 43.2 Å². The van der Waals surface area contributed by atoms with Gasteiger partial charge in [0.1, 0.15) is 24.5 Å². The number of benzene rings is 2. The molecule has 24 heavy (non-hydrogen) atoms. The summed E-state index contributed by atoms with van der Waals surface area (Å²) in [5.41, 5.74) is 2.38. The lowest BCUT2D eigenvalue weighted by molar-refractivity contribution is 0.297. The first-order valence-corrected chi connectivity index (χ1v) is 7.98. The van der Waals surface area contributed by atoms with Crippen molar-refractivity contribution in [2.45, 2.75) is 19.7 Å². The van der Waals surface area contributed by atoms with Crippen molar-refractivity contribution in [2.75, 3.05) is 7.05 Å². The molecule has 3 rings (SSSR count). The second-order valence-corrected chi connectivity index (χ2v) is 5.95. The van der Waals surface area contributed by atoms with Crippen LogP contribution in [0.2, 0.25) is 0 Å². The maximum Gasteiger partial charge on any atom is 0.146 e. The third kappa shape index (κ3) is 4.43. The Morgan fingerprint density at radius 1 is 1.00 bits per heavy atom. The highest BCUT2D eigenvalue weighted by atomic mass is 16.5. The summed E-state index contributed by atoms with van der Waals surface area (Å²) >= 11 is 0. The van der Waals surface area contributed by atoms with Crippen LogP contribution in [0.1, 0.15) is 17.0 Å². The third-order valence-electron chi connectivity index (χ3n) is 3.82. The van der Waals surface area contributed by atoms with Gasteiger partial charge in [-0.1, -0.05) is 42.5 Å². The van der Waals surface area contributed by atoms with E-state index in [9.17, 15) is 0 Å². The van der Waals surface area contributed by atoms with Crippen LogP contribution in [0.25, 0.3) is 0 Å². The Kier molecular flexibility index (Phi) is 5.23. The van der Waals surface area contributed by atoms with E-state index in [0.29, 0.717) is 6.61 Å². The molecule has 0 aliphatic carbocycles. The number of nitrogens with zero attached hydrogens (tertiary/aromatic N) is 4. The van der Waals surface area contributed by atoms with E-state index < -0.39 is 0 Å². The molecule has 2 aromatic carbocycles. The Morgan fingerprint density at radius 2 is 1.79 bits per heavy atom. The van der Waals surface area contributed by atoms with E-state index in [1.807, 2.05) is 41.9 Å². The summed E-state index contributed by atoms with van der Waals surface area (Å²) in [6, 6.07) is 18.4. The minimum Gasteiger partial charge on any atom is -0.489 e. The van der Waals surface area contributed by atoms with Crippen LogP contribution in [-0.2, 0) is 26.7 Å². The molecule has 5 heteroatoms. The standard InChI is InChI=1S/C19H22N4O/c1-22(13-19-21-20-15-23(19)2)12-17-9-6-10-18(11-17)24-14-16-7-4-3-5-8-16/h3-11,15H,12-14H2,1-2H3. The monoisotopic (exact) mass is 322 g/mol. The fourth-order valence-corrected chi connectivity index (χ4v) is 2.53. The van der Waals surface area contributed by atoms with Crippen molar-refractivity contribution in [1.29, 1.82) is 0 Å². The van der Waals surface area contributed by atoms with Crippen molar-refractivity contribution in [1.82, 2.24) is 19.7 Å². The van der Waals surface area contributed by atoms with Crippen molar-refractivity contribution in [3.63, 3.8) is 0 Å². The molecule has 3 aromatic rings. The zero-order valence-corrected chi connectivity index (χ0v) is 14.1. The van der Waals surface area contributed by atoms with Gasteiger partial charge in [-0.2, -0.15) is 0 Å². The Balaban J connectivity index is 1.57. The summed E-state index contributed by atoms with van der Waals surface area (Å²) in [6.07, 6.45) is 1.72. The van der Waals surface area contributed by atoms with Crippen LogP contribution < -0.4 is 4.74 Å². The molecular weight excluding hydrogens is 300 g/mol. The lowest BCUT2D eigenvalue weighted by Crippen LogP contribution is -2.19. The molecule has 0 saturated heterocycles. The summed E-state index contributed by atoms with van der Waals surface area (Å²) in [7, 11) is 4.04. The first kappa shape index (κ1) is 16.2. The van der Waals surface area contributed by atoms with E-state index >= 15 is 0 Å². The average molecular weight is 322 g/mol. The first-order chi connectivity index (χ1) is 11.7. The van der Waals surface area contributed by atoms with Crippen LogP contribution in [0.3, 0.4) is 0 Å². The van der Waals surface area contributed by atoms with Gasteiger partial charge in [-0.15, -0.1) is 10.2 Å². The molecule has 0 saturated carbocycles. The summed E-state index contributed by atoms with van der Waals surface area (Å²) < 4.78 is 7.83. The second-order valence-electron chi connectivity index (χ2n) is 5.95. The van der Waals surface area contributed by atoms with Crippen LogP contribution in [0, 0.1) is 0 Å². The van der Waals surface area contributed by atoms with Crippen LogP contribution >= 0.6 is 0 Å². The molecule has 124 valence electrons. The number of hydrogen-bond donors (Lipinski definition) is 0. The number of aromatic nitrogens is 3. The molecule has 0 aliphatic heterocycles. The normalized spacial score (nSPS) is 11.0. The average Bonchev–Trinajstić information content (AvgIpc) is 2.99. The van der Waals surface area contributed by atoms with Gasteiger partial charge in [0.25, 0.3) is 0 Å². The van der Waals surface area contributed by atoms with Gasteiger partial charge in [-0.25, -0.2) is 0 Å². The first-order valence-electron chi connectivity index (χ1n) is 7.98. The lowest BCUT2D eigenvalue weighted by Gasteiger charge is -2.16. The molecule has 1 aromatic heterocycles. The molecular formula is C19H22N4O. The van der Waals surface area contributed by atoms with Crippen molar-refractivity contribution in [2.24, 2.45) is 7.05 Å². The van der Waals surface area contributed by atoms with Gasteiger partial charge in [0.05, 0.1) is 6.54 Å². The zero-order chi connectivity index (χ0) is 16.8. The molecule has 0 radical (unpaired) electrons. The van der Waals surface area contributed by atoms with E-state index in [1.54, 1.807) is 6.33 Å². The summed E-state index contributed by atoms with van der Waals surface area (Å²) in [6.45, 7) is 2.17. The molecule has 0 bridgehead atoms. The highest BCUT2D eigenvalue weighted by Crippen LogP contribution is 2.16. The highest BCUT2D eigenvalue weighted by molar-refractivity contribution is 5.29. The summed E-state index contributed by atoms with van der Waals surface area (Å²) in [5, 5.41) is 8.04. The van der Waals surface area contributed by atoms with Gasteiger partial charge >= 0.3 is 0 Å². The predicted octanol–water partition coefficient (Wildman–Crippen LogP) is 3.03. The van der Waals surface area contributed by atoms with E-state index in [4.69, 9.17) is 4.74 Å². The van der Waals surface area contributed by atoms with E-state index in [2.05, 4.69) is 46.4 Å². The van der Waals surface area contributed by atoms with Crippen molar-refractivity contribution >= 4 is 0 Å². The Hall–Kier alpha value is -2.66. The van der Waals surface area contributed by atoms with Crippen LogP contribution in [0.15, 0.2) is 60.9 Å². The number of ether oxygens (including phenoxy) is 1.